The molecule has 0 spiro atoms. The van der Waals surface area contributed by atoms with Crippen LogP contribution < -0.4 is 5.32 Å². The van der Waals surface area contributed by atoms with Crippen LogP contribution in [0.1, 0.15) is 11.6 Å². The van der Waals surface area contributed by atoms with E-state index in [1.54, 1.807) is 0 Å². The topological polar surface area (TPSA) is 12.0 Å². The molecule has 0 aliphatic heterocycles. The fraction of sp³-hybridized carbons (Fsp3) is 0.111. The van der Waals surface area contributed by atoms with Gasteiger partial charge < -0.3 is 5.32 Å². The Balaban J connectivity index is 1.88. The first-order chi connectivity index (χ1) is 9.83. The van der Waals surface area contributed by atoms with E-state index in [2.05, 4.69) is 53.9 Å². The fourth-order valence-electron chi connectivity index (χ4n) is 2.46. The van der Waals surface area contributed by atoms with Crippen molar-refractivity contribution in [1.29, 1.82) is 0 Å². The van der Waals surface area contributed by atoms with Crippen LogP contribution in [0.15, 0.2) is 78.9 Å². The standard InChI is InChI=1S/C18H16ClN/c19-16-10-12-17(13-11-16)20-18(15-8-4-5-9-15)14-6-2-1-3-7-14/h1-13,15,18,20H. The Labute approximate surface area is 124 Å². The van der Waals surface area contributed by atoms with Gasteiger partial charge >= 0.3 is 0 Å². The van der Waals surface area contributed by atoms with Crippen molar-refractivity contribution in [2.45, 2.75) is 6.04 Å². The van der Waals surface area contributed by atoms with Gasteiger partial charge in [-0.3, -0.25) is 0 Å². The third kappa shape index (κ3) is 2.94. The summed E-state index contributed by atoms with van der Waals surface area (Å²) in [5.74, 6) is 0.369. The summed E-state index contributed by atoms with van der Waals surface area (Å²) in [4.78, 5) is 0. The number of halogens is 1. The van der Waals surface area contributed by atoms with Crippen molar-refractivity contribution in [2.24, 2.45) is 5.92 Å². The molecule has 20 heavy (non-hydrogen) atoms. The van der Waals surface area contributed by atoms with Crippen LogP contribution in [0, 0.1) is 5.92 Å². The van der Waals surface area contributed by atoms with Crippen molar-refractivity contribution in [3.63, 3.8) is 0 Å². The first-order valence-corrected chi connectivity index (χ1v) is 7.13. The van der Waals surface area contributed by atoms with E-state index in [1.165, 1.54) is 5.56 Å². The summed E-state index contributed by atoms with van der Waals surface area (Å²) in [6.07, 6.45) is 8.65. The van der Waals surface area contributed by atoms with E-state index < -0.39 is 0 Å². The van der Waals surface area contributed by atoms with Crippen molar-refractivity contribution < 1.29 is 0 Å². The molecule has 0 saturated carbocycles. The summed E-state index contributed by atoms with van der Waals surface area (Å²) in [5.41, 5.74) is 2.36. The second-order valence-corrected chi connectivity index (χ2v) is 5.32. The number of hydrogen-bond acceptors (Lipinski definition) is 1. The summed E-state index contributed by atoms with van der Waals surface area (Å²) in [7, 11) is 0. The molecule has 1 nitrogen and oxygen atoms in total. The Morgan fingerprint density at radius 3 is 2.15 bits per heavy atom. The molecule has 2 aromatic rings. The van der Waals surface area contributed by atoms with Crippen LogP contribution in [0.25, 0.3) is 0 Å². The Morgan fingerprint density at radius 2 is 1.50 bits per heavy atom. The van der Waals surface area contributed by atoms with E-state index in [1.807, 2.05) is 30.3 Å². The number of benzene rings is 2. The third-order valence-electron chi connectivity index (χ3n) is 3.49. The smallest absolute Gasteiger partial charge is 0.0611 e. The lowest BCUT2D eigenvalue weighted by Gasteiger charge is -2.24. The Kier molecular flexibility index (Phi) is 3.89. The van der Waals surface area contributed by atoms with Crippen LogP contribution in [0.4, 0.5) is 5.69 Å². The van der Waals surface area contributed by atoms with Crippen molar-refractivity contribution in [3.05, 3.63) is 89.5 Å². The van der Waals surface area contributed by atoms with Crippen LogP contribution in [0.2, 0.25) is 5.02 Å². The summed E-state index contributed by atoms with van der Waals surface area (Å²) >= 11 is 5.94. The van der Waals surface area contributed by atoms with Gasteiger partial charge in [0, 0.05) is 16.6 Å². The van der Waals surface area contributed by atoms with E-state index in [0.29, 0.717) is 5.92 Å². The minimum Gasteiger partial charge on any atom is -0.377 e. The van der Waals surface area contributed by atoms with Gasteiger partial charge in [-0.05, 0) is 29.8 Å². The molecule has 0 fully saturated rings. The SMILES string of the molecule is Clc1ccc(NC(c2ccccc2)C2C=CC=C2)cc1. The fourth-order valence-corrected chi connectivity index (χ4v) is 2.59. The van der Waals surface area contributed by atoms with Gasteiger partial charge in [0.05, 0.1) is 6.04 Å². The molecule has 0 aromatic heterocycles. The number of hydrogen-bond donors (Lipinski definition) is 1. The van der Waals surface area contributed by atoms with Gasteiger partial charge in [0.2, 0.25) is 0 Å². The molecule has 1 aliphatic carbocycles. The van der Waals surface area contributed by atoms with Crippen LogP contribution in [-0.2, 0) is 0 Å². The van der Waals surface area contributed by atoms with Gasteiger partial charge in [-0.2, -0.15) is 0 Å². The Morgan fingerprint density at radius 1 is 0.850 bits per heavy atom. The van der Waals surface area contributed by atoms with Crippen molar-refractivity contribution in [3.8, 4) is 0 Å². The summed E-state index contributed by atoms with van der Waals surface area (Å²) < 4.78 is 0. The van der Waals surface area contributed by atoms with Crippen LogP contribution in [0.3, 0.4) is 0 Å². The van der Waals surface area contributed by atoms with Gasteiger partial charge in [0.15, 0.2) is 0 Å². The van der Waals surface area contributed by atoms with Crippen molar-refractivity contribution >= 4 is 17.3 Å². The molecule has 0 amide bonds. The first-order valence-electron chi connectivity index (χ1n) is 6.75. The maximum atomic E-state index is 5.94. The molecule has 1 unspecified atom stereocenters. The molecule has 2 heteroatoms. The zero-order valence-corrected chi connectivity index (χ0v) is 11.8. The van der Waals surface area contributed by atoms with Gasteiger partial charge in [-0.25, -0.2) is 0 Å². The van der Waals surface area contributed by atoms with Crippen LogP contribution in [-0.4, -0.2) is 0 Å². The molecule has 3 rings (SSSR count). The minimum absolute atomic E-state index is 0.229. The van der Waals surface area contributed by atoms with Gasteiger partial charge in [0.25, 0.3) is 0 Å². The quantitative estimate of drug-likeness (QED) is 0.808. The van der Waals surface area contributed by atoms with E-state index in [0.717, 1.165) is 10.7 Å². The maximum Gasteiger partial charge on any atom is 0.0611 e. The largest absolute Gasteiger partial charge is 0.377 e. The average molecular weight is 282 g/mol. The molecule has 0 heterocycles. The lowest BCUT2D eigenvalue weighted by molar-refractivity contribution is 0.668. The predicted octanol–water partition coefficient (Wildman–Crippen LogP) is 5.24. The second kappa shape index (κ2) is 5.98. The molecular formula is C18H16ClN. The third-order valence-corrected chi connectivity index (χ3v) is 3.74. The van der Waals surface area contributed by atoms with E-state index in [9.17, 15) is 0 Å². The maximum absolute atomic E-state index is 5.94. The molecule has 2 aromatic carbocycles. The monoisotopic (exact) mass is 281 g/mol. The highest BCUT2D eigenvalue weighted by atomic mass is 35.5. The van der Waals surface area contributed by atoms with Crippen LogP contribution >= 0.6 is 11.6 Å². The Hall–Kier alpha value is -1.99. The number of allylic oxidation sites excluding steroid dienone is 2. The van der Waals surface area contributed by atoms with Crippen molar-refractivity contribution in [2.75, 3.05) is 5.32 Å². The zero-order valence-electron chi connectivity index (χ0n) is 11.0. The molecule has 0 saturated heterocycles. The predicted molar refractivity (Wildman–Crippen MR) is 86.0 cm³/mol. The molecule has 0 bridgehead atoms. The lowest BCUT2D eigenvalue weighted by atomic mass is 9.94. The minimum atomic E-state index is 0.229. The van der Waals surface area contributed by atoms with Gasteiger partial charge in [-0.15, -0.1) is 0 Å². The number of rotatable bonds is 4. The van der Waals surface area contributed by atoms with E-state index >= 15 is 0 Å². The molecule has 1 N–H and O–H groups in total. The molecule has 0 radical (unpaired) electrons. The molecule has 1 aliphatic rings. The summed E-state index contributed by atoms with van der Waals surface area (Å²) in [6, 6.07) is 18.6. The molecule has 100 valence electrons. The first kappa shape index (κ1) is 13.0. The molecule has 1 atom stereocenters. The zero-order chi connectivity index (χ0) is 13.8. The Bertz CT molecular complexity index is 602. The van der Waals surface area contributed by atoms with Crippen molar-refractivity contribution in [1.82, 2.24) is 0 Å². The normalized spacial score (nSPS) is 15.4. The summed E-state index contributed by atoms with van der Waals surface area (Å²) in [5, 5.41) is 4.36. The highest BCUT2D eigenvalue weighted by Crippen LogP contribution is 2.31. The second-order valence-electron chi connectivity index (χ2n) is 4.89. The van der Waals surface area contributed by atoms with Gasteiger partial charge in [0.1, 0.15) is 0 Å². The highest BCUT2D eigenvalue weighted by molar-refractivity contribution is 6.30. The average Bonchev–Trinajstić information content (AvgIpc) is 3.01. The van der Waals surface area contributed by atoms with E-state index in [4.69, 9.17) is 11.6 Å². The number of anilines is 1. The van der Waals surface area contributed by atoms with E-state index in [-0.39, 0.29) is 6.04 Å². The van der Waals surface area contributed by atoms with Crippen LogP contribution in [0.5, 0.6) is 0 Å². The number of nitrogens with one attached hydrogen (secondary N) is 1. The van der Waals surface area contributed by atoms with Gasteiger partial charge in [-0.1, -0.05) is 66.2 Å². The summed E-state index contributed by atoms with van der Waals surface area (Å²) in [6.45, 7) is 0. The lowest BCUT2D eigenvalue weighted by Crippen LogP contribution is -2.17. The molecular weight excluding hydrogens is 266 g/mol. The highest BCUT2D eigenvalue weighted by Gasteiger charge is 2.20.